The Morgan fingerprint density at radius 3 is 3.08 bits per heavy atom. The van der Waals surface area contributed by atoms with Crippen LogP contribution in [-0.4, -0.2) is 31.3 Å². The third-order valence-corrected chi connectivity index (χ3v) is 5.16. The zero-order valence-corrected chi connectivity index (χ0v) is 14.9. The molecule has 0 saturated heterocycles. The number of H-pyrrole nitrogens is 1. The van der Waals surface area contributed by atoms with Crippen LogP contribution in [0, 0.1) is 0 Å². The van der Waals surface area contributed by atoms with Crippen molar-refractivity contribution in [1.29, 1.82) is 0 Å². The molecule has 0 saturated carbocycles. The van der Waals surface area contributed by atoms with E-state index in [4.69, 9.17) is 0 Å². The van der Waals surface area contributed by atoms with Crippen molar-refractivity contribution in [3.8, 4) is 0 Å². The molecule has 3 heterocycles. The lowest BCUT2D eigenvalue weighted by molar-refractivity contribution is -0.121. The van der Waals surface area contributed by atoms with Gasteiger partial charge in [-0.15, -0.1) is 0 Å². The molecule has 2 N–H and O–H groups in total. The van der Waals surface area contributed by atoms with Gasteiger partial charge in [0.05, 0.1) is 0 Å². The van der Waals surface area contributed by atoms with Crippen molar-refractivity contribution < 1.29 is 4.79 Å². The smallest absolute Gasteiger partial charge is 0.345 e. The molecule has 2 aromatic heterocycles. The highest BCUT2D eigenvalue weighted by molar-refractivity contribution is 5.84. The molecule has 0 fully saturated rings. The van der Waals surface area contributed by atoms with Gasteiger partial charge >= 0.3 is 5.69 Å². The average Bonchev–Trinajstić information content (AvgIpc) is 3.10. The minimum absolute atomic E-state index is 0.0627. The number of aromatic amines is 1. The van der Waals surface area contributed by atoms with Crippen LogP contribution in [-0.2, 0) is 31.2 Å². The molecule has 1 amide bonds. The molecular weight excluding hydrogens is 330 g/mol. The number of nitrogens with one attached hydrogen (secondary N) is 2. The normalized spacial score (nSPS) is 17.0. The van der Waals surface area contributed by atoms with Gasteiger partial charge < -0.3 is 10.3 Å². The highest BCUT2D eigenvalue weighted by Crippen LogP contribution is 2.19. The number of fused-ring (bicyclic) bond motifs is 2. The van der Waals surface area contributed by atoms with E-state index in [2.05, 4.69) is 21.5 Å². The molecule has 1 aromatic carbocycles. The predicted octanol–water partition coefficient (Wildman–Crippen LogP) is 1.52. The summed E-state index contributed by atoms with van der Waals surface area (Å²) in [5, 5.41) is 8.58. The summed E-state index contributed by atoms with van der Waals surface area (Å²) < 4.78 is 3.10. The third-order valence-electron chi connectivity index (χ3n) is 5.16. The van der Waals surface area contributed by atoms with E-state index in [-0.39, 0.29) is 17.6 Å². The number of para-hydroxylation sites is 1. The minimum atomic E-state index is -0.0775. The highest BCUT2D eigenvalue weighted by atomic mass is 16.2. The van der Waals surface area contributed by atoms with E-state index in [1.54, 1.807) is 11.6 Å². The van der Waals surface area contributed by atoms with Crippen LogP contribution in [0.3, 0.4) is 0 Å². The summed E-state index contributed by atoms with van der Waals surface area (Å²) in [6.45, 7) is 0.607. The molecule has 0 spiro atoms. The van der Waals surface area contributed by atoms with Crippen LogP contribution in [0.25, 0.3) is 10.9 Å². The van der Waals surface area contributed by atoms with Gasteiger partial charge in [-0.1, -0.05) is 18.2 Å². The van der Waals surface area contributed by atoms with E-state index in [9.17, 15) is 9.59 Å². The number of carbonyl (C=O) groups excluding carboxylic acids is 1. The van der Waals surface area contributed by atoms with Gasteiger partial charge in [-0.25, -0.2) is 9.48 Å². The Hall–Kier alpha value is -2.83. The van der Waals surface area contributed by atoms with Crippen LogP contribution in [0.1, 0.15) is 30.7 Å². The first-order chi connectivity index (χ1) is 12.6. The third kappa shape index (κ3) is 3.16. The fourth-order valence-electron chi connectivity index (χ4n) is 3.73. The standard InChI is InChI=1S/C19H23N5O2/c1-23-19(26)24-11-10-14(7-8-17(24)22-23)21-18(25)9-6-13-12-20-16-5-3-2-4-15(13)16/h2-5,12,14,20H,6-11H2,1H3,(H,21,25). The number of hydrogen-bond acceptors (Lipinski definition) is 3. The first kappa shape index (κ1) is 16.6. The largest absolute Gasteiger partial charge is 0.361 e. The molecule has 4 rings (SSSR count). The fourth-order valence-corrected chi connectivity index (χ4v) is 3.73. The van der Waals surface area contributed by atoms with Gasteiger partial charge in [0.2, 0.25) is 5.91 Å². The lowest BCUT2D eigenvalue weighted by Gasteiger charge is -2.16. The zero-order valence-electron chi connectivity index (χ0n) is 14.9. The molecule has 3 aromatic rings. The Labute approximate surface area is 151 Å². The Morgan fingerprint density at radius 2 is 2.19 bits per heavy atom. The predicted molar refractivity (Wildman–Crippen MR) is 99.0 cm³/mol. The van der Waals surface area contributed by atoms with E-state index >= 15 is 0 Å². The molecule has 7 nitrogen and oxygen atoms in total. The summed E-state index contributed by atoms with van der Waals surface area (Å²) in [7, 11) is 1.67. The van der Waals surface area contributed by atoms with E-state index in [1.165, 1.54) is 15.6 Å². The summed E-state index contributed by atoms with van der Waals surface area (Å²) in [5.74, 6) is 0.876. The number of benzene rings is 1. The molecule has 1 aliphatic heterocycles. The number of aryl methyl sites for hydroxylation is 3. The molecule has 0 aliphatic carbocycles. The molecule has 1 unspecified atom stereocenters. The zero-order chi connectivity index (χ0) is 18.1. The summed E-state index contributed by atoms with van der Waals surface area (Å²) in [5.41, 5.74) is 2.19. The molecule has 1 aliphatic rings. The molecule has 0 bridgehead atoms. The maximum Gasteiger partial charge on any atom is 0.345 e. The molecule has 0 radical (unpaired) electrons. The second-order valence-corrected chi connectivity index (χ2v) is 6.93. The second kappa shape index (κ2) is 6.82. The van der Waals surface area contributed by atoms with Gasteiger partial charge in [0, 0.05) is 49.6 Å². The van der Waals surface area contributed by atoms with Gasteiger partial charge in [0.15, 0.2) is 0 Å². The number of rotatable bonds is 4. The van der Waals surface area contributed by atoms with E-state index in [1.807, 2.05) is 24.4 Å². The quantitative estimate of drug-likeness (QED) is 0.746. The monoisotopic (exact) mass is 353 g/mol. The van der Waals surface area contributed by atoms with Crippen molar-refractivity contribution in [1.82, 2.24) is 24.6 Å². The molecule has 26 heavy (non-hydrogen) atoms. The minimum Gasteiger partial charge on any atom is -0.361 e. The second-order valence-electron chi connectivity index (χ2n) is 6.93. The summed E-state index contributed by atoms with van der Waals surface area (Å²) in [4.78, 5) is 27.6. The van der Waals surface area contributed by atoms with Crippen molar-refractivity contribution in [3.05, 3.63) is 52.3 Å². The highest BCUT2D eigenvalue weighted by Gasteiger charge is 2.21. The van der Waals surface area contributed by atoms with Crippen LogP contribution in [0.15, 0.2) is 35.3 Å². The number of amides is 1. The van der Waals surface area contributed by atoms with Crippen molar-refractivity contribution in [2.75, 3.05) is 0 Å². The Morgan fingerprint density at radius 1 is 1.35 bits per heavy atom. The SMILES string of the molecule is Cn1nc2n(c1=O)CCC(NC(=O)CCc1c[nH]c3ccccc13)CC2. The first-order valence-electron chi connectivity index (χ1n) is 9.09. The number of carbonyl (C=O) groups is 1. The van der Waals surface area contributed by atoms with E-state index in [0.717, 1.165) is 24.2 Å². The molecular formula is C19H23N5O2. The average molecular weight is 353 g/mol. The van der Waals surface area contributed by atoms with Gasteiger partial charge in [-0.3, -0.25) is 9.36 Å². The number of aromatic nitrogens is 4. The number of nitrogens with zero attached hydrogens (tertiary/aromatic N) is 3. The Bertz CT molecular complexity index is 997. The van der Waals surface area contributed by atoms with Crippen LogP contribution in [0.5, 0.6) is 0 Å². The Kier molecular flexibility index (Phi) is 4.36. The summed E-state index contributed by atoms with van der Waals surface area (Å²) >= 11 is 0. The maximum absolute atomic E-state index is 12.4. The fraction of sp³-hybridized carbons (Fsp3) is 0.421. The van der Waals surface area contributed by atoms with Crippen molar-refractivity contribution in [2.45, 2.75) is 44.7 Å². The van der Waals surface area contributed by atoms with Gasteiger partial charge in [0.25, 0.3) is 0 Å². The Balaban J connectivity index is 1.33. The molecule has 136 valence electrons. The lowest BCUT2D eigenvalue weighted by Crippen LogP contribution is -2.35. The van der Waals surface area contributed by atoms with Gasteiger partial charge in [-0.2, -0.15) is 5.10 Å². The van der Waals surface area contributed by atoms with Crippen molar-refractivity contribution in [2.24, 2.45) is 7.05 Å². The first-order valence-corrected chi connectivity index (χ1v) is 9.09. The van der Waals surface area contributed by atoms with Gasteiger partial charge in [-0.05, 0) is 30.9 Å². The van der Waals surface area contributed by atoms with Crippen molar-refractivity contribution in [3.63, 3.8) is 0 Å². The summed E-state index contributed by atoms with van der Waals surface area (Å²) in [6.07, 6.45) is 5.45. The van der Waals surface area contributed by atoms with E-state index in [0.29, 0.717) is 25.8 Å². The lowest BCUT2D eigenvalue weighted by atomic mass is 10.1. The topological polar surface area (TPSA) is 84.7 Å². The van der Waals surface area contributed by atoms with Crippen LogP contribution in [0.4, 0.5) is 0 Å². The summed E-state index contributed by atoms with van der Waals surface area (Å²) in [6, 6.07) is 8.22. The maximum atomic E-state index is 12.4. The van der Waals surface area contributed by atoms with Crippen LogP contribution in [0.2, 0.25) is 0 Å². The van der Waals surface area contributed by atoms with Gasteiger partial charge in [0.1, 0.15) is 5.82 Å². The molecule has 7 heteroatoms. The number of hydrogen-bond donors (Lipinski definition) is 2. The van der Waals surface area contributed by atoms with Crippen LogP contribution < -0.4 is 11.0 Å². The van der Waals surface area contributed by atoms with E-state index < -0.39 is 0 Å². The van der Waals surface area contributed by atoms with Crippen molar-refractivity contribution >= 4 is 16.8 Å². The molecule has 1 atom stereocenters. The van der Waals surface area contributed by atoms with Crippen LogP contribution >= 0.6 is 0 Å².